The van der Waals surface area contributed by atoms with Crippen LogP contribution in [0.15, 0.2) is 71.8 Å². The van der Waals surface area contributed by atoms with Gasteiger partial charge in [-0.25, -0.2) is 18.2 Å². The number of amides is 2. The Labute approximate surface area is 218 Å². The number of nitrogens with zero attached hydrogens (tertiary/aromatic N) is 2. The molecule has 0 saturated carbocycles. The molecule has 0 aliphatic carbocycles. The SMILES string of the molecule is Cc1c(Cl)cccc1N(CC(=O)N/N=C\c1ccc(OCC(=O)Nc2ccc(F)cc2)cc1)S(C)(=O)=O. The average Bonchev–Trinajstić information content (AvgIpc) is 2.85. The molecule has 0 bridgehead atoms. The van der Waals surface area contributed by atoms with Gasteiger partial charge in [0.05, 0.1) is 18.2 Å². The summed E-state index contributed by atoms with van der Waals surface area (Å²) < 4.78 is 43.9. The second-order valence-electron chi connectivity index (χ2n) is 7.86. The van der Waals surface area contributed by atoms with Crippen LogP contribution < -0.4 is 19.8 Å². The minimum Gasteiger partial charge on any atom is -0.484 e. The van der Waals surface area contributed by atoms with Gasteiger partial charge in [-0.2, -0.15) is 5.10 Å². The summed E-state index contributed by atoms with van der Waals surface area (Å²) in [6, 6.07) is 16.7. The van der Waals surface area contributed by atoms with Gasteiger partial charge in [-0.15, -0.1) is 0 Å². The maximum absolute atomic E-state index is 12.9. The lowest BCUT2D eigenvalue weighted by Crippen LogP contribution is -2.39. The van der Waals surface area contributed by atoms with Crippen LogP contribution in [0.5, 0.6) is 5.75 Å². The first-order chi connectivity index (χ1) is 17.5. The van der Waals surface area contributed by atoms with Crippen LogP contribution in [-0.2, 0) is 19.6 Å². The quantitative estimate of drug-likeness (QED) is 0.297. The minimum absolute atomic E-state index is 0.246. The van der Waals surface area contributed by atoms with Gasteiger partial charge in [0, 0.05) is 10.7 Å². The Morgan fingerprint density at radius 1 is 1.05 bits per heavy atom. The molecule has 3 aromatic carbocycles. The number of carbonyl (C=O) groups excluding carboxylic acids is 2. The molecule has 2 amide bonds. The van der Waals surface area contributed by atoms with Crippen LogP contribution in [0, 0.1) is 12.7 Å². The predicted molar refractivity (Wildman–Crippen MR) is 141 cm³/mol. The Hall–Kier alpha value is -3.96. The summed E-state index contributed by atoms with van der Waals surface area (Å²) in [5.74, 6) is -1.03. The third-order valence-corrected chi connectivity index (χ3v) is 6.51. The van der Waals surface area contributed by atoms with Gasteiger partial charge >= 0.3 is 0 Å². The van der Waals surface area contributed by atoms with Crippen molar-refractivity contribution in [2.75, 3.05) is 29.0 Å². The Balaban J connectivity index is 1.51. The van der Waals surface area contributed by atoms with Gasteiger partial charge in [-0.05, 0) is 78.7 Å². The van der Waals surface area contributed by atoms with E-state index in [2.05, 4.69) is 15.8 Å². The number of anilines is 2. The number of hydrazone groups is 1. The van der Waals surface area contributed by atoms with Gasteiger partial charge in [0.25, 0.3) is 11.8 Å². The molecule has 0 heterocycles. The molecule has 0 fully saturated rings. The van der Waals surface area contributed by atoms with Crippen LogP contribution in [0.1, 0.15) is 11.1 Å². The van der Waals surface area contributed by atoms with E-state index in [-0.39, 0.29) is 6.61 Å². The molecule has 0 spiro atoms. The standard InChI is InChI=1S/C25H24ClFN4O5S/c1-17-22(26)4-3-5-23(17)31(37(2,34)35)15-24(32)30-28-14-18-6-12-21(13-7-18)36-16-25(33)29-20-10-8-19(27)9-11-20/h3-14H,15-16H2,1-2H3,(H,29,33)(H,30,32)/b28-14-. The lowest BCUT2D eigenvalue weighted by Gasteiger charge is -2.23. The number of sulfonamides is 1. The molecule has 2 N–H and O–H groups in total. The first-order valence-electron chi connectivity index (χ1n) is 10.9. The zero-order chi connectivity index (χ0) is 27.0. The molecule has 0 saturated heterocycles. The van der Waals surface area contributed by atoms with Crippen LogP contribution in [0.2, 0.25) is 5.02 Å². The third kappa shape index (κ3) is 8.29. The van der Waals surface area contributed by atoms with E-state index in [0.717, 1.165) is 10.6 Å². The van der Waals surface area contributed by atoms with Crippen molar-refractivity contribution in [2.45, 2.75) is 6.92 Å². The van der Waals surface area contributed by atoms with Gasteiger partial charge < -0.3 is 10.1 Å². The van der Waals surface area contributed by atoms with Gasteiger partial charge in [0.2, 0.25) is 10.0 Å². The van der Waals surface area contributed by atoms with E-state index in [1.807, 2.05) is 0 Å². The van der Waals surface area contributed by atoms with Crippen molar-refractivity contribution in [2.24, 2.45) is 5.10 Å². The summed E-state index contributed by atoms with van der Waals surface area (Å²) in [6.07, 6.45) is 2.37. The van der Waals surface area contributed by atoms with E-state index in [9.17, 15) is 22.4 Å². The number of benzene rings is 3. The van der Waals surface area contributed by atoms with Crippen molar-refractivity contribution in [3.8, 4) is 5.75 Å². The Morgan fingerprint density at radius 2 is 1.73 bits per heavy atom. The molecule has 0 atom stereocenters. The third-order valence-electron chi connectivity index (χ3n) is 4.98. The van der Waals surface area contributed by atoms with Gasteiger partial charge in [0.1, 0.15) is 18.1 Å². The highest BCUT2D eigenvalue weighted by Gasteiger charge is 2.23. The predicted octanol–water partition coefficient (Wildman–Crippen LogP) is 3.72. The van der Waals surface area contributed by atoms with Crippen LogP contribution in [0.4, 0.5) is 15.8 Å². The number of hydrogen-bond acceptors (Lipinski definition) is 6. The monoisotopic (exact) mass is 546 g/mol. The van der Waals surface area contributed by atoms with E-state index in [0.29, 0.717) is 33.3 Å². The van der Waals surface area contributed by atoms with Crippen LogP contribution >= 0.6 is 11.6 Å². The summed E-state index contributed by atoms with van der Waals surface area (Å²) >= 11 is 6.09. The molecule has 9 nitrogen and oxygen atoms in total. The number of ether oxygens (including phenoxy) is 1. The molecule has 0 radical (unpaired) electrons. The zero-order valence-electron chi connectivity index (χ0n) is 19.9. The molecule has 0 aliphatic rings. The Morgan fingerprint density at radius 3 is 2.38 bits per heavy atom. The molecule has 0 aliphatic heterocycles. The molecule has 0 unspecified atom stereocenters. The number of hydrogen-bond donors (Lipinski definition) is 2. The first kappa shape index (κ1) is 27.6. The van der Waals surface area contributed by atoms with Crippen molar-refractivity contribution < 1.29 is 27.1 Å². The lowest BCUT2D eigenvalue weighted by atomic mass is 10.2. The fourth-order valence-corrected chi connectivity index (χ4v) is 4.20. The van der Waals surface area contributed by atoms with Crippen molar-refractivity contribution >= 4 is 51.0 Å². The van der Waals surface area contributed by atoms with Crippen molar-refractivity contribution in [1.29, 1.82) is 0 Å². The molecule has 12 heteroatoms. The molecule has 0 aromatic heterocycles. The maximum atomic E-state index is 12.9. The molecule has 3 rings (SSSR count). The summed E-state index contributed by atoms with van der Waals surface area (Å²) in [6.45, 7) is 0.936. The minimum atomic E-state index is -3.76. The number of nitrogens with one attached hydrogen (secondary N) is 2. The topological polar surface area (TPSA) is 117 Å². The van der Waals surface area contributed by atoms with Gasteiger partial charge in [-0.3, -0.25) is 13.9 Å². The van der Waals surface area contributed by atoms with Gasteiger partial charge in [0.15, 0.2) is 6.61 Å². The van der Waals surface area contributed by atoms with E-state index in [1.165, 1.54) is 30.5 Å². The van der Waals surface area contributed by atoms with E-state index >= 15 is 0 Å². The fraction of sp³-hybridized carbons (Fsp3) is 0.160. The Kier molecular flexibility index (Phi) is 9.20. The summed E-state index contributed by atoms with van der Waals surface area (Å²) in [7, 11) is -3.76. The molecule has 3 aromatic rings. The number of carbonyl (C=O) groups is 2. The number of halogens is 2. The molecule has 37 heavy (non-hydrogen) atoms. The summed E-state index contributed by atoms with van der Waals surface area (Å²) in [5, 5.41) is 6.83. The molecule has 194 valence electrons. The van der Waals surface area contributed by atoms with Crippen molar-refractivity contribution in [3.63, 3.8) is 0 Å². The number of rotatable bonds is 10. The highest BCUT2D eigenvalue weighted by Crippen LogP contribution is 2.28. The summed E-state index contributed by atoms with van der Waals surface area (Å²) in [5.41, 5.74) is 4.20. The van der Waals surface area contributed by atoms with Crippen LogP contribution in [0.3, 0.4) is 0 Å². The zero-order valence-corrected chi connectivity index (χ0v) is 21.5. The van der Waals surface area contributed by atoms with Gasteiger partial charge in [-0.1, -0.05) is 17.7 Å². The maximum Gasteiger partial charge on any atom is 0.262 e. The molecular weight excluding hydrogens is 523 g/mol. The van der Waals surface area contributed by atoms with Crippen molar-refractivity contribution in [3.05, 3.63) is 88.7 Å². The highest BCUT2D eigenvalue weighted by molar-refractivity contribution is 7.92. The van der Waals surface area contributed by atoms with Crippen molar-refractivity contribution in [1.82, 2.24) is 5.43 Å². The van der Waals surface area contributed by atoms with Crippen LogP contribution in [-0.4, -0.2) is 45.9 Å². The Bertz CT molecular complexity index is 1400. The summed E-state index contributed by atoms with van der Waals surface area (Å²) in [4.78, 5) is 24.3. The second kappa shape index (κ2) is 12.3. The normalized spacial score (nSPS) is 11.2. The van der Waals surface area contributed by atoms with Crippen LogP contribution in [0.25, 0.3) is 0 Å². The van der Waals surface area contributed by atoms with E-state index in [1.54, 1.807) is 49.4 Å². The fourth-order valence-electron chi connectivity index (χ4n) is 3.12. The first-order valence-corrected chi connectivity index (χ1v) is 13.1. The van der Waals surface area contributed by atoms with E-state index < -0.39 is 34.2 Å². The smallest absolute Gasteiger partial charge is 0.262 e. The highest BCUT2D eigenvalue weighted by atomic mass is 35.5. The van der Waals surface area contributed by atoms with E-state index in [4.69, 9.17) is 16.3 Å². The average molecular weight is 547 g/mol. The lowest BCUT2D eigenvalue weighted by molar-refractivity contribution is -0.119. The largest absolute Gasteiger partial charge is 0.484 e. The molecular formula is C25H24ClFN4O5S. The second-order valence-corrected chi connectivity index (χ2v) is 10.2.